The molecule has 36 heavy (non-hydrogen) atoms. The molecule has 0 amide bonds. The lowest BCUT2D eigenvalue weighted by Gasteiger charge is -2.20. The molecule has 3 N–H and O–H groups in total. The van der Waals surface area contributed by atoms with Crippen molar-refractivity contribution in [3.8, 4) is 0 Å². The number of aromatic nitrogens is 4. The van der Waals surface area contributed by atoms with Crippen LogP contribution in [0.15, 0.2) is 64.5 Å². The first kappa shape index (κ1) is 23.4. The van der Waals surface area contributed by atoms with Crippen LogP contribution in [-0.2, 0) is 20.1 Å². The molecule has 10 nitrogen and oxygen atoms in total. The monoisotopic (exact) mass is 485 g/mol. The predicted octanol–water partition coefficient (Wildman–Crippen LogP) is 3.16. The molecule has 10 heteroatoms. The van der Waals surface area contributed by atoms with Gasteiger partial charge in [-0.2, -0.15) is 10.2 Å². The van der Waals surface area contributed by atoms with Crippen LogP contribution >= 0.6 is 0 Å². The number of fused-ring (bicyclic) bond motifs is 1. The molecule has 0 fully saturated rings. The molecule has 0 saturated carbocycles. The first-order valence-corrected chi connectivity index (χ1v) is 11.9. The summed E-state index contributed by atoms with van der Waals surface area (Å²) in [5.41, 5.74) is 3.15. The third kappa shape index (κ3) is 4.49. The SMILES string of the molecule is Cn1c(=N)c2c(Nc3ccccc3)n(Cc3ccc(N4CNC=N4)cc3)nc2n(CC(C)(C)C)c1=O. The summed E-state index contributed by atoms with van der Waals surface area (Å²) in [6.45, 7) is 7.85. The molecular formula is C26H31N9O. The molecule has 0 bridgehead atoms. The smallest absolute Gasteiger partial charge is 0.331 e. The van der Waals surface area contributed by atoms with Crippen LogP contribution in [0, 0.1) is 10.8 Å². The van der Waals surface area contributed by atoms with Crippen LogP contribution in [0.2, 0.25) is 0 Å². The van der Waals surface area contributed by atoms with Gasteiger partial charge in [-0.25, -0.2) is 14.5 Å². The number of nitrogens with zero attached hydrogens (tertiary/aromatic N) is 6. The quantitative estimate of drug-likeness (QED) is 0.389. The average molecular weight is 486 g/mol. The highest BCUT2D eigenvalue weighted by Gasteiger charge is 2.23. The molecule has 0 spiro atoms. The van der Waals surface area contributed by atoms with Crippen LogP contribution in [0.3, 0.4) is 0 Å². The number of hydrogen-bond donors (Lipinski definition) is 3. The second-order valence-corrected chi connectivity index (χ2v) is 10.2. The van der Waals surface area contributed by atoms with Crippen molar-refractivity contribution < 1.29 is 0 Å². The van der Waals surface area contributed by atoms with E-state index in [2.05, 4.69) is 36.5 Å². The van der Waals surface area contributed by atoms with Gasteiger partial charge in [-0.05, 0) is 35.2 Å². The van der Waals surface area contributed by atoms with Gasteiger partial charge in [0.2, 0.25) is 0 Å². The molecular weight excluding hydrogens is 454 g/mol. The lowest BCUT2D eigenvalue weighted by Crippen LogP contribution is -2.40. The standard InChI is InChI=1S/C26H31N9O/c1-26(2,3)15-33-24-21(22(27)32(4)25(33)36)23(30-19-8-6-5-7-9-19)34(31-24)14-18-10-12-20(13-11-18)35-17-28-16-29-35/h5-13,16,27,30H,14-15,17H2,1-4H3,(H,28,29). The number of para-hydroxylation sites is 1. The Hall–Kier alpha value is -4.34. The molecule has 2 aromatic carbocycles. The molecule has 0 aliphatic carbocycles. The third-order valence-electron chi connectivity index (χ3n) is 6.04. The first-order chi connectivity index (χ1) is 17.2. The van der Waals surface area contributed by atoms with E-state index in [9.17, 15) is 4.79 Å². The van der Waals surface area contributed by atoms with Crippen molar-refractivity contribution in [1.82, 2.24) is 24.2 Å². The van der Waals surface area contributed by atoms with Gasteiger partial charge < -0.3 is 10.6 Å². The molecule has 5 rings (SSSR count). The lowest BCUT2D eigenvalue weighted by atomic mass is 9.97. The Bertz CT molecular complexity index is 1540. The van der Waals surface area contributed by atoms with E-state index < -0.39 is 0 Å². The minimum Gasteiger partial charge on any atom is -0.356 e. The van der Waals surface area contributed by atoms with E-state index in [1.54, 1.807) is 18.0 Å². The lowest BCUT2D eigenvalue weighted by molar-refractivity contribution is 0.336. The Kier molecular flexibility index (Phi) is 5.87. The van der Waals surface area contributed by atoms with Crippen molar-refractivity contribution in [3.63, 3.8) is 0 Å². The zero-order valence-corrected chi connectivity index (χ0v) is 21.0. The van der Waals surface area contributed by atoms with Crippen LogP contribution in [0.1, 0.15) is 26.3 Å². The van der Waals surface area contributed by atoms with Crippen molar-refractivity contribution in [2.45, 2.75) is 33.9 Å². The summed E-state index contributed by atoms with van der Waals surface area (Å²) < 4.78 is 4.91. The van der Waals surface area contributed by atoms with E-state index in [0.717, 1.165) is 16.9 Å². The van der Waals surface area contributed by atoms with Crippen molar-refractivity contribution in [3.05, 3.63) is 76.1 Å². The molecule has 2 aromatic heterocycles. The maximum atomic E-state index is 13.2. The first-order valence-electron chi connectivity index (χ1n) is 11.9. The van der Waals surface area contributed by atoms with Crippen molar-refractivity contribution in [2.75, 3.05) is 17.0 Å². The number of anilines is 3. The number of rotatable bonds is 6. The van der Waals surface area contributed by atoms with Crippen LogP contribution in [-0.4, -0.2) is 31.9 Å². The molecule has 0 unspecified atom stereocenters. The van der Waals surface area contributed by atoms with Gasteiger partial charge in [0.05, 0.1) is 12.2 Å². The average Bonchev–Trinajstić information content (AvgIpc) is 3.50. The van der Waals surface area contributed by atoms with E-state index >= 15 is 0 Å². The van der Waals surface area contributed by atoms with E-state index in [-0.39, 0.29) is 16.6 Å². The maximum absolute atomic E-state index is 13.2. The summed E-state index contributed by atoms with van der Waals surface area (Å²) in [6, 6.07) is 18.0. The minimum atomic E-state index is -0.248. The fraction of sp³-hybridized carbons (Fsp3) is 0.308. The maximum Gasteiger partial charge on any atom is 0.331 e. The summed E-state index contributed by atoms with van der Waals surface area (Å²) in [4.78, 5) is 13.2. The van der Waals surface area contributed by atoms with E-state index in [4.69, 9.17) is 10.5 Å². The van der Waals surface area contributed by atoms with Gasteiger partial charge in [-0.3, -0.25) is 14.5 Å². The molecule has 186 valence electrons. The molecule has 1 aliphatic rings. The molecule has 0 radical (unpaired) electrons. The van der Waals surface area contributed by atoms with Crippen LogP contribution in [0.5, 0.6) is 0 Å². The van der Waals surface area contributed by atoms with Gasteiger partial charge >= 0.3 is 5.69 Å². The highest BCUT2D eigenvalue weighted by molar-refractivity contribution is 5.89. The number of hydrazone groups is 1. The number of nitrogens with one attached hydrogen (secondary N) is 3. The molecule has 0 atom stereocenters. The predicted molar refractivity (Wildman–Crippen MR) is 143 cm³/mol. The van der Waals surface area contributed by atoms with Crippen molar-refractivity contribution in [2.24, 2.45) is 17.6 Å². The van der Waals surface area contributed by atoms with Gasteiger partial charge in [0.25, 0.3) is 0 Å². The summed E-state index contributed by atoms with van der Waals surface area (Å²) in [6.07, 6.45) is 1.68. The Morgan fingerprint density at radius 1 is 1.08 bits per heavy atom. The van der Waals surface area contributed by atoms with Gasteiger partial charge in [-0.1, -0.05) is 51.1 Å². The van der Waals surface area contributed by atoms with Crippen LogP contribution < -0.4 is 26.8 Å². The van der Waals surface area contributed by atoms with Crippen molar-refractivity contribution in [1.29, 1.82) is 5.41 Å². The van der Waals surface area contributed by atoms with Gasteiger partial charge in [0.1, 0.15) is 29.7 Å². The molecule has 0 saturated heterocycles. The molecule has 1 aliphatic heterocycles. The summed E-state index contributed by atoms with van der Waals surface area (Å²) >= 11 is 0. The second-order valence-electron chi connectivity index (χ2n) is 10.2. The summed E-state index contributed by atoms with van der Waals surface area (Å²) in [7, 11) is 1.64. The zero-order valence-electron chi connectivity index (χ0n) is 21.0. The van der Waals surface area contributed by atoms with Crippen LogP contribution in [0.25, 0.3) is 11.0 Å². The topological polar surface area (TPSA) is 108 Å². The number of hydrogen-bond acceptors (Lipinski definition) is 7. The summed E-state index contributed by atoms with van der Waals surface area (Å²) in [5, 5.41) is 27.0. The number of benzene rings is 2. The fourth-order valence-corrected chi connectivity index (χ4v) is 4.29. The highest BCUT2D eigenvalue weighted by Crippen LogP contribution is 2.27. The molecule has 3 heterocycles. The second kappa shape index (κ2) is 9.03. The highest BCUT2D eigenvalue weighted by atomic mass is 16.1. The Labute approximate surface area is 209 Å². The van der Waals surface area contributed by atoms with Gasteiger partial charge in [0, 0.05) is 19.3 Å². The fourth-order valence-electron chi connectivity index (χ4n) is 4.29. The van der Waals surface area contributed by atoms with Crippen LogP contribution in [0.4, 0.5) is 17.2 Å². The Morgan fingerprint density at radius 2 is 1.81 bits per heavy atom. The molecule has 4 aromatic rings. The normalized spacial score (nSPS) is 13.4. The van der Waals surface area contributed by atoms with Crippen molar-refractivity contribution >= 4 is 34.6 Å². The Morgan fingerprint density at radius 3 is 2.44 bits per heavy atom. The van der Waals surface area contributed by atoms with Gasteiger partial charge in [0.15, 0.2) is 5.65 Å². The Balaban J connectivity index is 1.64. The van der Waals surface area contributed by atoms with Gasteiger partial charge in [-0.15, -0.1) is 0 Å². The van der Waals surface area contributed by atoms with E-state index in [1.165, 1.54) is 4.57 Å². The zero-order chi connectivity index (χ0) is 25.4. The van der Waals surface area contributed by atoms with E-state index in [1.807, 2.05) is 64.3 Å². The third-order valence-corrected chi connectivity index (χ3v) is 6.04. The largest absolute Gasteiger partial charge is 0.356 e. The minimum absolute atomic E-state index is 0.125. The van der Waals surface area contributed by atoms with E-state index in [0.29, 0.717) is 36.6 Å². The summed E-state index contributed by atoms with van der Waals surface area (Å²) in [5.74, 6) is 0.678.